The fourth-order valence-electron chi connectivity index (χ4n) is 1.84. The highest BCUT2D eigenvalue weighted by Crippen LogP contribution is 2.19. The van der Waals surface area contributed by atoms with Crippen molar-refractivity contribution in [2.75, 3.05) is 13.2 Å². The van der Waals surface area contributed by atoms with Crippen LogP contribution < -0.4 is 14.2 Å². The van der Waals surface area contributed by atoms with Crippen LogP contribution in [0.1, 0.15) is 24.2 Å². The van der Waals surface area contributed by atoms with Gasteiger partial charge < -0.3 is 18.9 Å². The lowest BCUT2D eigenvalue weighted by molar-refractivity contribution is 0.0734. The van der Waals surface area contributed by atoms with Crippen molar-refractivity contribution in [3.8, 4) is 17.2 Å². The summed E-state index contributed by atoms with van der Waals surface area (Å²) in [6, 6.07) is 12.8. The van der Waals surface area contributed by atoms with Crippen molar-refractivity contribution >= 4 is 12.1 Å². The van der Waals surface area contributed by atoms with Gasteiger partial charge in [0.25, 0.3) is 0 Å². The SMILES string of the molecule is CCOC(=O)Oc1ccc(C(=O)Oc2ccc(OCC)cc2)cc1. The molecular weight excluding hydrogens is 312 g/mol. The summed E-state index contributed by atoms with van der Waals surface area (Å²) in [7, 11) is 0. The van der Waals surface area contributed by atoms with Gasteiger partial charge in [-0.15, -0.1) is 0 Å². The number of carbonyl (C=O) groups is 2. The second-order valence-electron chi connectivity index (χ2n) is 4.60. The van der Waals surface area contributed by atoms with Crippen molar-refractivity contribution in [2.45, 2.75) is 13.8 Å². The van der Waals surface area contributed by atoms with E-state index in [1.165, 1.54) is 24.3 Å². The molecule has 0 fully saturated rings. The Labute approximate surface area is 139 Å². The average molecular weight is 330 g/mol. The molecule has 0 unspecified atom stereocenters. The highest BCUT2D eigenvalue weighted by Gasteiger charge is 2.10. The molecule has 0 radical (unpaired) electrons. The average Bonchev–Trinajstić information content (AvgIpc) is 2.57. The number of rotatable bonds is 6. The summed E-state index contributed by atoms with van der Waals surface area (Å²) in [6.45, 7) is 4.37. The largest absolute Gasteiger partial charge is 0.513 e. The fraction of sp³-hybridized carbons (Fsp3) is 0.222. The maximum absolute atomic E-state index is 12.1. The Hall–Kier alpha value is -3.02. The summed E-state index contributed by atoms with van der Waals surface area (Å²) in [5.41, 5.74) is 0.333. The predicted octanol–water partition coefficient (Wildman–Crippen LogP) is 3.84. The van der Waals surface area contributed by atoms with Gasteiger partial charge in [-0.1, -0.05) is 0 Å². The van der Waals surface area contributed by atoms with Crippen molar-refractivity contribution in [3.05, 3.63) is 54.1 Å². The first kappa shape index (κ1) is 17.3. The monoisotopic (exact) mass is 330 g/mol. The third-order valence-electron chi connectivity index (χ3n) is 2.90. The van der Waals surface area contributed by atoms with E-state index in [0.717, 1.165) is 0 Å². The molecule has 0 N–H and O–H groups in total. The Morgan fingerprint density at radius 1 is 0.750 bits per heavy atom. The maximum atomic E-state index is 12.1. The molecule has 0 spiro atoms. The first-order valence-corrected chi connectivity index (χ1v) is 7.52. The van der Waals surface area contributed by atoms with E-state index in [9.17, 15) is 9.59 Å². The van der Waals surface area contributed by atoms with Crippen molar-refractivity contribution in [3.63, 3.8) is 0 Å². The highest BCUT2D eigenvalue weighted by molar-refractivity contribution is 5.91. The summed E-state index contributed by atoms with van der Waals surface area (Å²) in [5.74, 6) is 0.890. The lowest BCUT2D eigenvalue weighted by Gasteiger charge is -2.07. The topological polar surface area (TPSA) is 71.1 Å². The van der Waals surface area contributed by atoms with E-state index in [1.807, 2.05) is 6.92 Å². The summed E-state index contributed by atoms with van der Waals surface area (Å²) in [5, 5.41) is 0. The quantitative estimate of drug-likeness (QED) is 0.455. The normalized spacial score (nSPS) is 9.92. The molecule has 2 aromatic carbocycles. The van der Waals surface area contributed by atoms with Gasteiger partial charge in [0.2, 0.25) is 0 Å². The van der Waals surface area contributed by atoms with Gasteiger partial charge in [-0.3, -0.25) is 0 Å². The van der Waals surface area contributed by atoms with E-state index < -0.39 is 12.1 Å². The fourth-order valence-corrected chi connectivity index (χ4v) is 1.84. The lowest BCUT2D eigenvalue weighted by atomic mass is 10.2. The number of hydrogen-bond acceptors (Lipinski definition) is 6. The number of esters is 1. The second kappa shape index (κ2) is 8.57. The van der Waals surface area contributed by atoms with Gasteiger partial charge in [0.1, 0.15) is 17.2 Å². The highest BCUT2D eigenvalue weighted by atomic mass is 16.7. The molecular formula is C18H18O6. The van der Waals surface area contributed by atoms with Gasteiger partial charge in [0.05, 0.1) is 18.8 Å². The molecule has 126 valence electrons. The van der Waals surface area contributed by atoms with Crippen LogP contribution in [-0.4, -0.2) is 25.3 Å². The molecule has 0 heterocycles. The van der Waals surface area contributed by atoms with E-state index >= 15 is 0 Å². The zero-order valence-electron chi connectivity index (χ0n) is 13.5. The lowest BCUT2D eigenvalue weighted by Crippen LogP contribution is -2.11. The van der Waals surface area contributed by atoms with E-state index in [-0.39, 0.29) is 12.4 Å². The summed E-state index contributed by atoms with van der Waals surface area (Å²) in [4.78, 5) is 23.3. The van der Waals surface area contributed by atoms with Crippen LogP contribution in [0, 0.1) is 0 Å². The molecule has 2 aromatic rings. The molecule has 0 atom stereocenters. The van der Waals surface area contributed by atoms with Crippen LogP contribution in [0.4, 0.5) is 4.79 Å². The zero-order valence-corrected chi connectivity index (χ0v) is 13.5. The third kappa shape index (κ3) is 5.01. The van der Waals surface area contributed by atoms with Gasteiger partial charge in [0, 0.05) is 0 Å². The Morgan fingerprint density at radius 2 is 1.29 bits per heavy atom. The maximum Gasteiger partial charge on any atom is 0.513 e. The van der Waals surface area contributed by atoms with Crippen LogP contribution in [0.25, 0.3) is 0 Å². The minimum atomic E-state index is -0.790. The molecule has 6 heteroatoms. The Bertz CT molecular complexity index is 676. The minimum absolute atomic E-state index is 0.228. The van der Waals surface area contributed by atoms with Crippen LogP contribution in [0.5, 0.6) is 17.2 Å². The molecule has 0 aliphatic heterocycles. The van der Waals surface area contributed by atoms with Crippen LogP contribution >= 0.6 is 0 Å². The molecule has 24 heavy (non-hydrogen) atoms. The van der Waals surface area contributed by atoms with E-state index in [4.69, 9.17) is 14.2 Å². The molecule has 0 saturated heterocycles. The molecule has 0 aromatic heterocycles. The third-order valence-corrected chi connectivity index (χ3v) is 2.90. The van der Waals surface area contributed by atoms with Crippen molar-refractivity contribution in [1.82, 2.24) is 0 Å². The number of hydrogen-bond donors (Lipinski definition) is 0. The summed E-state index contributed by atoms with van der Waals surface area (Å²) >= 11 is 0. The molecule has 0 aliphatic carbocycles. The molecule has 0 amide bonds. The van der Waals surface area contributed by atoms with E-state index in [2.05, 4.69) is 4.74 Å². The first-order chi connectivity index (χ1) is 11.6. The molecule has 2 rings (SSSR count). The second-order valence-corrected chi connectivity index (χ2v) is 4.60. The van der Waals surface area contributed by atoms with Gasteiger partial charge in [-0.05, 0) is 62.4 Å². The van der Waals surface area contributed by atoms with Gasteiger partial charge >= 0.3 is 12.1 Å². The number of benzene rings is 2. The Morgan fingerprint density at radius 3 is 1.88 bits per heavy atom. The van der Waals surface area contributed by atoms with Crippen LogP contribution in [0.15, 0.2) is 48.5 Å². The van der Waals surface area contributed by atoms with Crippen molar-refractivity contribution in [2.24, 2.45) is 0 Å². The van der Waals surface area contributed by atoms with Gasteiger partial charge in [0.15, 0.2) is 0 Å². The van der Waals surface area contributed by atoms with Gasteiger partial charge in [-0.25, -0.2) is 9.59 Å². The summed E-state index contributed by atoms with van der Waals surface area (Å²) < 4.78 is 20.2. The first-order valence-electron chi connectivity index (χ1n) is 7.52. The minimum Gasteiger partial charge on any atom is -0.494 e. The summed E-state index contributed by atoms with van der Waals surface area (Å²) in [6.07, 6.45) is -0.790. The predicted molar refractivity (Wildman–Crippen MR) is 86.7 cm³/mol. The number of carbonyl (C=O) groups excluding carboxylic acids is 2. The smallest absolute Gasteiger partial charge is 0.494 e. The van der Waals surface area contributed by atoms with Crippen molar-refractivity contribution < 1.29 is 28.5 Å². The van der Waals surface area contributed by atoms with Crippen LogP contribution in [-0.2, 0) is 4.74 Å². The Balaban J connectivity index is 1.95. The van der Waals surface area contributed by atoms with Crippen molar-refractivity contribution in [1.29, 1.82) is 0 Å². The standard InChI is InChI=1S/C18H18O6/c1-3-21-14-9-11-15(12-10-14)23-17(19)13-5-7-16(8-6-13)24-18(20)22-4-2/h5-12H,3-4H2,1-2H3. The molecule has 0 aliphatic rings. The molecule has 0 bridgehead atoms. The zero-order chi connectivity index (χ0) is 17.4. The molecule has 6 nitrogen and oxygen atoms in total. The van der Waals surface area contributed by atoms with Crippen LogP contribution in [0.2, 0.25) is 0 Å². The molecule has 0 saturated carbocycles. The van der Waals surface area contributed by atoms with Crippen LogP contribution in [0.3, 0.4) is 0 Å². The number of ether oxygens (including phenoxy) is 4. The Kier molecular flexibility index (Phi) is 6.19. The van der Waals surface area contributed by atoms with Gasteiger partial charge in [-0.2, -0.15) is 0 Å². The van der Waals surface area contributed by atoms with E-state index in [0.29, 0.717) is 23.7 Å². The van der Waals surface area contributed by atoms with E-state index in [1.54, 1.807) is 31.2 Å².